The van der Waals surface area contributed by atoms with Crippen LogP contribution in [0.2, 0.25) is 0 Å². The Bertz CT molecular complexity index is 927. The number of piperidine rings is 1. The smallest absolute Gasteiger partial charge is 0.318 e. The van der Waals surface area contributed by atoms with Crippen LogP contribution in [0.5, 0.6) is 0 Å². The predicted molar refractivity (Wildman–Crippen MR) is 127 cm³/mol. The Labute approximate surface area is 195 Å². The third-order valence-corrected chi connectivity index (χ3v) is 6.07. The van der Waals surface area contributed by atoms with Crippen LogP contribution in [0, 0.1) is 5.82 Å². The van der Waals surface area contributed by atoms with Crippen molar-refractivity contribution in [2.24, 2.45) is 0 Å². The monoisotopic (exact) mass is 453 g/mol. The molecule has 0 atom stereocenters. The lowest BCUT2D eigenvalue weighted by Crippen LogP contribution is -2.61. The van der Waals surface area contributed by atoms with E-state index in [1.165, 1.54) is 11.6 Å². The number of hydrogen-bond donors (Lipinski definition) is 1. The zero-order valence-electron chi connectivity index (χ0n) is 19.1. The number of aldehydes is 1. The molecule has 0 spiro atoms. The van der Waals surface area contributed by atoms with Crippen LogP contribution in [0.25, 0.3) is 6.08 Å². The first-order valence-electron chi connectivity index (χ1n) is 11.3. The molecule has 6 nitrogen and oxygen atoms in total. The summed E-state index contributed by atoms with van der Waals surface area (Å²) in [5.41, 5.74) is 0.815. The molecule has 1 heterocycles. The number of amides is 2. The lowest BCUT2D eigenvalue weighted by Gasteiger charge is -2.45. The number of nitrogens with zero attached hydrogens (tertiary/aromatic N) is 2. The largest absolute Gasteiger partial charge is 0.383 e. The van der Waals surface area contributed by atoms with E-state index in [1.807, 2.05) is 18.2 Å². The molecule has 33 heavy (non-hydrogen) atoms. The Morgan fingerprint density at radius 3 is 2.52 bits per heavy atom. The maximum absolute atomic E-state index is 13.7. The molecule has 3 rings (SSSR count). The van der Waals surface area contributed by atoms with Gasteiger partial charge in [0.05, 0.1) is 6.61 Å². The van der Waals surface area contributed by atoms with Crippen molar-refractivity contribution in [3.63, 3.8) is 0 Å². The van der Waals surface area contributed by atoms with Crippen molar-refractivity contribution in [1.82, 2.24) is 15.1 Å². The van der Waals surface area contributed by atoms with E-state index in [9.17, 15) is 14.0 Å². The Morgan fingerprint density at radius 2 is 1.85 bits per heavy atom. The molecule has 0 radical (unpaired) electrons. The summed E-state index contributed by atoms with van der Waals surface area (Å²) in [5, 5.41) is 2.84. The SMILES string of the molecule is COCCN(C(=O)NC/C=C/c1ccccc1F)C1(C=O)CCN(Cc2ccccc2)CC1. The minimum Gasteiger partial charge on any atom is -0.383 e. The molecule has 1 aliphatic rings. The molecule has 176 valence electrons. The minimum atomic E-state index is -0.870. The van der Waals surface area contributed by atoms with Gasteiger partial charge in [0, 0.05) is 45.4 Å². The number of carbonyl (C=O) groups is 2. The lowest BCUT2D eigenvalue weighted by atomic mass is 9.87. The topological polar surface area (TPSA) is 61.9 Å². The molecule has 0 unspecified atom stereocenters. The van der Waals surface area contributed by atoms with Crippen LogP contribution in [0.15, 0.2) is 60.7 Å². The second-order valence-corrected chi connectivity index (χ2v) is 8.24. The predicted octanol–water partition coefficient (Wildman–Crippen LogP) is 3.73. The van der Waals surface area contributed by atoms with Crippen molar-refractivity contribution in [2.75, 3.05) is 39.9 Å². The molecular weight excluding hydrogens is 421 g/mol. The number of methoxy groups -OCH3 is 1. The quantitative estimate of drug-likeness (QED) is 0.557. The minimum absolute atomic E-state index is 0.228. The van der Waals surface area contributed by atoms with Gasteiger partial charge in [-0.05, 0) is 24.5 Å². The van der Waals surface area contributed by atoms with Gasteiger partial charge in [-0.3, -0.25) is 4.90 Å². The number of rotatable bonds is 10. The number of ether oxygens (including phenoxy) is 1. The van der Waals surface area contributed by atoms with Crippen LogP contribution in [-0.4, -0.2) is 67.6 Å². The van der Waals surface area contributed by atoms with Gasteiger partial charge in [-0.1, -0.05) is 60.7 Å². The maximum atomic E-state index is 13.7. The molecule has 1 saturated heterocycles. The normalized spacial score (nSPS) is 15.9. The van der Waals surface area contributed by atoms with Crippen molar-refractivity contribution in [2.45, 2.75) is 24.9 Å². The number of nitrogens with one attached hydrogen (secondary N) is 1. The first-order valence-corrected chi connectivity index (χ1v) is 11.3. The van der Waals surface area contributed by atoms with Crippen LogP contribution >= 0.6 is 0 Å². The number of halogens is 1. The number of urea groups is 1. The fraction of sp³-hybridized carbons (Fsp3) is 0.385. The molecule has 2 amide bonds. The number of carbonyl (C=O) groups excluding carboxylic acids is 2. The highest BCUT2D eigenvalue weighted by Gasteiger charge is 2.42. The Balaban J connectivity index is 1.61. The molecule has 2 aromatic rings. The number of hydrogen-bond acceptors (Lipinski definition) is 4. The Hall–Kier alpha value is -3.03. The van der Waals surface area contributed by atoms with Crippen LogP contribution < -0.4 is 5.32 Å². The van der Waals surface area contributed by atoms with Crippen molar-refractivity contribution >= 4 is 18.4 Å². The molecule has 0 aliphatic carbocycles. The summed E-state index contributed by atoms with van der Waals surface area (Å²) in [7, 11) is 1.57. The lowest BCUT2D eigenvalue weighted by molar-refractivity contribution is -0.120. The third kappa shape index (κ3) is 6.73. The summed E-state index contributed by atoms with van der Waals surface area (Å²) in [5.74, 6) is -0.316. The van der Waals surface area contributed by atoms with E-state index >= 15 is 0 Å². The average Bonchev–Trinajstić information content (AvgIpc) is 2.85. The molecule has 0 bridgehead atoms. The van der Waals surface area contributed by atoms with E-state index in [-0.39, 0.29) is 18.4 Å². The fourth-order valence-electron chi connectivity index (χ4n) is 4.14. The average molecular weight is 454 g/mol. The van der Waals surface area contributed by atoms with Crippen molar-refractivity contribution in [3.8, 4) is 0 Å². The summed E-state index contributed by atoms with van der Waals surface area (Å²) in [4.78, 5) is 29.2. The summed E-state index contributed by atoms with van der Waals surface area (Å²) in [6, 6.07) is 16.3. The van der Waals surface area contributed by atoms with E-state index in [0.717, 1.165) is 25.9 Å². The van der Waals surface area contributed by atoms with Gasteiger partial charge in [-0.25, -0.2) is 9.18 Å². The second-order valence-electron chi connectivity index (χ2n) is 8.24. The summed E-state index contributed by atoms with van der Waals surface area (Å²) in [6.45, 7) is 3.14. The van der Waals surface area contributed by atoms with Crippen LogP contribution in [0.4, 0.5) is 9.18 Å². The van der Waals surface area contributed by atoms with Crippen molar-refractivity contribution in [1.29, 1.82) is 0 Å². The van der Waals surface area contributed by atoms with E-state index in [1.54, 1.807) is 42.4 Å². The zero-order chi connectivity index (χ0) is 23.5. The van der Waals surface area contributed by atoms with Gasteiger partial charge >= 0.3 is 6.03 Å². The molecule has 1 fully saturated rings. The van der Waals surface area contributed by atoms with Gasteiger partial charge in [-0.2, -0.15) is 0 Å². The van der Waals surface area contributed by atoms with Crippen LogP contribution in [0.3, 0.4) is 0 Å². The van der Waals surface area contributed by atoms with Gasteiger partial charge < -0.3 is 19.7 Å². The molecule has 0 saturated carbocycles. The van der Waals surface area contributed by atoms with Gasteiger partial charge in [-0.15, -0.1) is 0 Å². The Morgan fingerprint density at radius 1 is 1.15 bits per heavy atom. The van der Waals surface area contributed by atoms with Crippen LogP contribution in [0.1, 0.15) is 24.0 Å². The number of benzene rings is 2. The van der Waals surface area contributed by atoms with E-state index in [4.69, 9.17) is 4.74 Å². The summed E-state index contributed by atoms with van der Waals surface area (Å²) in [6.07, 6.45) is 5.36. The second kappa shape index (κ2) is 12.3. The molecule has 7 heteroatoms. The first-order chi connectivity index (χ1) is 16.1. The highest BCUT2D eigenvalue weighted by Crippen LogP contribution is 2.28. The summed E-state index contributed by atoms with van der Waals surface area (Å²) < 4.78 is 18.9. The van der Waals surface area contributed by atoms with Crippen molar-refractivity contribution < 1.29 is 18.7 Å². The zero-order valence-corrected chi connectivity index (χ0v) is 19.1. The van der Waals surface area contributed by atoms with E-state index in [2.05, 4.69) is 22.3 Å². The highest BCUT2D eigenvalue weighted by atomic mass is 19.1. The molecular formula is C26H32FN3O3. The molecule has 1 N–H and O–H groups in total. The van der Waals surface area contributed by atoms with E-state index < -0.39 is 5.54 Å². The van der Waals surface area contributed by atoms with Gasteiger partial charge in [0.2, 0.25) is 0 Å². The highest BCUT2D eigenvalue weighted by molar-refractivity contribution is 5.81. The molecule has 0 aromatic heterocycles. The maximum Gasteiger partial charge on any atom is 0.318 e. The third-order valence-electron chi connectivity index (χ3n) is 6.07. The van der Waals surface area contributed by atoms with Gasteiger partial charge in [0.1, 0.15) is 17.6 Å². The number of likely N-dealkylation sites (tertiary alicyclic amines) is 1. The van der Waals surface area contributed by atoms with Crippen molar-refractivity contribution in [3.05, 3.63) is 77.6 Å². The van der Waals surface area contributed by atoms with Crippen LogP contribution in [-0.2, 0) is 16.1 Å². The van der Waals surface area contributed by atoms with E-state index in [0.29, 0.717) is 31.6 Å². The first kappa shape index (κ1) is 24.6. The summed E-state index contributed by atoms with van der Waals surface area (Å²) >= 11 is 0. The van der Waals surface area contributed by atoms with Gasteiger partial charge in [0.25, 0.3) is 0 Å². The van der Waals surface area contributed by atoms with Gasteiger partial charge in [0.15, 0.2) is 0 Å². The fourth-order valence-corrected chi connectivity index (χ4v) is 4.14. The standard InChI is InChI=1S/C26H32FN3O3/c1-33-19-18-30(25(32)28-15-7-11-23-10-5-6-12-24(23)27)26(21-31)13-16-29(17-14-26)20-22-8-3-2-4-9-22/h2-12,21H,13-20H2,1H3,(H,28,32)/b11-7+. The Kier molecular flexibility index (Phi) is 9.15. The molecule has 1 aliphatic heterocycles. The molecule has 2 aromatic carbocycles.